The Balaban J connectivity index is 2.10. The first-order valence-electron chi connectivity index (χ1n) is 4.74. The molecule has 0 aliphatic rings. The molecule has 2 rings (SSSR count). The van der Waals surface area contributed by atoms with Crippen LogP contribution in [-0.4, -0.2) is 9.97 Å². The van der Waals surface area contributed by atoms with E-state index in [-0.39, 0.29) is 12.2 Å². The predicted octanol–water partition coefficient (Wildman–Crippen LogP) is 2.58. The summed E-state index contributed by atoms with van der Waals surface area (Å²) in [5.41, 5.74) is -0.0882. The molecule has 1 aromatic heterocycles. The lowest BCUT2D eigenvalue weighted by atomic mass is 10.2. The van der Waals surface area contributed by atoms with E-state index < -0.39 is 11.6 Å². The Bertz CT molecular complexity index is 476. The highest BCUT2D eigenvalue weighted by Crippen LogP contribution is 2.15. The van der Waals surface area contributed by atoms with E-state index in [1.165, 1.54) is 24.4 Å². The largest absolute Gasteiger partial charge is 0.473 e. The summed E-state index contributed by atoms with van der Waals surface area (Å²) in [6, 6.07) is 3.70. The summed E-state index contributed by atoms with van der Waals surface area (Å²) in [6.45, 7) is 1.59. The van der Waals surface area contributed by atoms with E-state index in [0.717, 1.165) is 0 Å². The molecule has 0 radical (unpaired) electrons. The lowest BCUT2D eigenvalue weighted by Gasteiger charge is -2.05. The molecule has 16 heavy (non-hydrogen) atoms. The molecule has 1 N–H and O–H groups in total. The molecular weight excluding hydrogens is 214 g/mol. The van der Waals surface area contributed by atoms with Crippen LogP contribution in [-0.2, 0) is 6.61 Å². The van der Waals surface area contributed by atoms with Crippen LogP contribution in [0.5, 0.6) is 5.88 Å². The van der Waals surface area contributed by atoms with Gasteiger partial charge in [-0.2, -0.15) is 0 Å². The van der Waals surface area contributed by atoms with Crippen molar-refractivity contribution in [2.24, 2.45) is 0 Å². The van der Waals surface area contributed by atoms with Gasteiger partial charge in [0.05, 0.1) is 11.8 Å². The van der Waals surface area contributed by atoms with Crippen molar-refractivity contribution >= 4 is 0 Å². The van der Waals surface area contributed by atoms with Gasteiger partial charge in [0, 0.05) is 0 Å². The fourth-order valence-corrected chi connectivity index (χ4v) is 1.29. The zero-order valence-corrected chi connectivity index (χ0v) is 8.63. The van der Waals surface area contributed by atoms with E-state index in [1.54, 1.807) is 6.92 Å². The lowest BCUT2D eigenvalue weighted by molar-refractivity contribution is 0.282. The van der Waals surface area contributed by atoms with Crippen LogP contribution >= 0.6 is 0 Å². The van der Waals surface area contributed by atoms with Crippen molar-refractivity contribution < 1.29 is 13.5 Å². The van der Waals surface area contributed by atoms with Gasteiger partial charge in [-0.25, -0.2) is 13.8 Å². The van der Waals surface area contributed by atoms with Crippen molar-refractivity contribution in [3.8, 4) is 5.88 Å². The van der Waals surface area contributed by atoms with Crippen LogP contribution in [0.3, 0.4) is 0 Å². The highest BCUT2D eigenvalue weighted by molar-refractivity contribution is 5.19. The molecular formula is C11H10F2N2O. The molecule has 0 unspecified atom stereocenters. The SMILES string of the molecule is Cc1ncc(OCc2c(F)cccc2F)[nH]1. The zero-order valence-electron chi connectivity index (χ0n) is 8.63. The maximum atomic E-state index is 13.2. The Hall–Kier alpha value is -1.91. The monoisotopic (exact) mass is 224 g/mol. The van der Waals surface area contributed by atoms with Crippen molar-refractivity contribution in [1.82, 2.24) is 9.97 Å². The Morgan fingerprint density at radius 1 is 1.31 bits per heavy atom. The minimum atomic E-state index is -0.615. The molecule has 3 nitrogen and oxygen atoms in total. The van der Waals surface area contributed by atoms with Crippen molar-refractivity contribution in [3.05, 3.63) is 47.4 Å². The summed E-state index contributed by atoms with van der Waals surface area (Å²) in [4.78, 5) is 6.71. The van der Waals surface area contributed by atoms with Crippen molar-refractivity contribution in [1.29, 1.82) is 0 Å². The number of aryl methyl sites for hydroxylation is 1. The standard InChI is InChI=1S/C11H10F2N2O/c1-7-14-5-11(15-7)16-6-8-9(12)3-2-4-10(8)13/h2-5H,6H2,1H3,(H,14,15). The summed E-state index contributed by atoms with van der Waals surface area (Å²) in [5, 5.41) is 0. The first kappa shape index (κ1) is 10.6. The number of halogens is 2. The van der Waals surface area contributed by atoms with Crippen LogP contribution in [0.1, 0.15) is 11.4 Å². The van der Waals surface area contributed by atoms with E-state index in [9.17, 15) is 8.78 Å². The third kappa shape index (κ3) is 2.18. The maximum Gasteiger partial charge on any atom is 0.211 e. The number of nitrogens with one attached hydrogen (secondary N) is 1. The summed E-state index contributed by atoms with van der Waals surface area (Å²) in [5.74, 6) is -0.156. The van der Waals surface area contributed by atoms with Crippen LogP contribution in [0.15, 0.2) is 24.4 Å². The number of aromatic nitrogens is 2. The van der Waals surface area contributed by atoms with Crippen molar-refractivity contribution in [3.63, 3.8) is 0 Å². The van der Waals surface area contributed by atoms with E-state index in [2.05, 4.69) is 9.97 Å². The van der Waals surface area contributed by atoms with E-state index in [0.29, 0.717) is 11.7 Å². The quantitative estimate of drug-likeness (QED) is 0.870. The minimum absolute atomic E-state index is 0.0882. The number of H-pyrrole nitrogens is 1. The highest BCUT2D eigenvalue weighted by Gasteiger charge is 2.09. The van der Waals surface area contributed by atoms with Gasteiger partial charge in [-0.05, 0) is 19.1 Å². The first-order chi connectivity index (χ1) is 7.66. The second-order valence-electron chi connectivity index (χ2n) is 3.32. The van der Waals surface area contributed by atoms with Gasteiger partial charge < -0.3 is 9.72 Å². The highest BCUT2D eigenvalue weighted by atomic mass is 19.1. The van der Waals surface area contributed by atoms with Gasteiger partial charge in [-0.15, -0.1) is 0 Å². The number of hydrogen-bond donors (Lipinski definition) is 1. The number of hydrogen-bond acceptors (Lipinski definition) is 2. The Kier molecular flexibility index (Phi) is 2.85. The van der Waals surface area contributed by atoms with Gasteiger partial charge in [0.2, 0.25) is 5.88 Å². The number of nitrogens with zero attached hydrogens (tertiary/aromatic N) is 1. The normalized spacial score (nSPS) is 10.4. The third-order valence-corrected chi connectivity index (χ3v) is 2.11. The predicted molar refractivity (Wildman–Crippen MR) is 54.0 cm³/mol. The molecule has 0 fully saturated rings. The minimum Gasteiger partial charge on any atom is -0.473 e. The van der Waals surface area contributed by atoms with Gasteiger partial charge in [0.15, 0.2) is 0 Å². The lowest BCUT2D eigenvalue weighted by Crippen LogP contribution is -2.01. The smallest absolute Gasteiger partial charge is 0.211 e. The van der Waals surface area contributed by atoms with E-state index >= 15 is 0 Å². The fourth-order valence-electron chi connectivity index (χ4n) is 1.29. The summed E-state index contributed by atoms with van der Waals surface area (Å²) < 4.78 is 31.6. The van der Waals surface area contributed by atoms with E-state index in [4.69, 9.17) is 4.74 Å². The number of benzene rings is 1. The molecule has 2 aromatic rings. The molecule has 0 amide bonds. The maximum absolute atomic E-state index is 13.2. The number of rotatable bonds is 3. The van der Waals surface area contributed by atoms with Gasteiger partial charge in [-0.1, -0.05) is 6.07 Å². The Morgan fingerprint density at radius 2 is 2.00 bits per heavy atom. The molecule has 0 spiro atoms. The summed E-state index contributed by atoms with van der Waals surface area (Å²) in [7, 11) is 0. The van der Waals surface area contributed by atoms with Crippen LogP contribution in [0.2, 0.25) is 0 Å². The molecule has 5 heteroatoms. The summed E-state index contributed by atoms with van der Waals surface area (Å²) >= 11 is 0. The number of aromatic amines is 1. The second kappa shape index (κ2) is 4.30. The molecule has 0 saturated carbocycles. The summed E-state index contributed by atoms with van der Waals surface area (Å²) in [6.07, 6.45) is 1.47. The molecule has 0 atom stereocenters. The molecule has 0 aliphatic heterocycles. The topological polar surface area (TPSA) is 37.9 Å². The fraction of sp³-hybridized carbons (Fsp3) is 0.182. The molecule has 0 bridgehead atoms. The Labute approximate surface area is 91.1 Å². The van der Waals surface area contributed by atoms with Crippen LogP contribution < -0.4 is 4.74 Å². The molecule has 0 aliphatic carbocycles. The zero-order chi connectivity index (χ0) is 11.5. The van der Waals surface area contributed by atoms with Gasteiger partial charge >= 0.3 is 0 Å². The van der Waals surface area contributed by atoms with Gasteiger partial charge in [0.1, 0.15) is 24.1 Å². The average Bonchev–Trinajstić information content (AvgIpc) is 2.63. The van der Waals surface area contributed by atoms with Crippen LogP contribution in [0.4, 0.5) is 8.78 Å². The van der Waals surface area contributed by atoms with E-state index in [1.807, 2.05) is 0 Å². The average molecular weight is 224 g/mol. The molecule has 1 heterocycles. The Morgan fingerprint density at radius 3 is 2.56 bits per heavy atom. The molecule has 1 aromatic carbocycles. The van der Waals surface area contributed by atoms with Gasteiger partial charge in [0.25, 0.3) is 0 Å². The number of imidazole rings is 1. The van der Waals surface area contributed by atoms with Crippen molar-refractivity contribution in [2.75, 3.05) is 0 Å². The van der Waals surface area contributed by atoms with Gasteiger partial charge in [-0.3, -0.25) is 0 Å². The van der Waals surface area contributed by atoms with Crippen LogP contribution in [0, 0.1) is 18.6 Å². The first-order valence-corrected chi connectivity index (χ1v) is 4.74. The van der Waals surface area contributed by atoms with Crippen molar-refractivity contribution in [2.45, 2.75) is 13.5 Å². The third-order valence-electron chi connectivity index (χ3n) is 2.11. The molecule has 0 saturated heterocycles. The second-order valence-corrected chi connectivity index (χ2v) is 3.32. The molecule has 84 valence electrons. The van der Waals surface area contributed by atoms with Crippen LogP contribution in [0.25, 0.3) is 0 Å². The number of ether oxygens (including phenoxy) is 1.